The van der Waals surface area contributed by atoms with Gasteiger partial charge in [-0.2, -0.15) is 0 Å². The van der Waals surface area contributed by atoms with Gasteiger partial charge in [0.1, 0.15) is 4.90 Å². The lowest BCUT2D eigenvalue weighted by molar-refractivity contribution is 0.281. The molecule has 0 fully saturated rings. The van der Waals surface area contributed by atoms with E-state index < -0.39 is 10.0 Å². The second kappa shape index (κ2) is 6.89. The Morgan fingerprint density at radius 2 is 1.70 bits per heavy atom. The highest BCUT2D eigenvalue weighted by atomic mass is 32.2. The van der Waals surface area contributed by atoms with Gasteiger partial charge in [-0.15, -0.1) is 0 Å². The van der Waals surface area contributed by atoms with Gasteiger partial charge in [0.25, 0.3) is 0 Å². The Balaban J connectivity index is 3.31. The first kappa shape index (κ1) is 16.7. The van der Waals surface area contributed by atoms with Gasteiger partial charge in [0.15, 0.2) is 0 Å². The molecular formula is C12H21N3O4S. The number of benzene rings is 1. The molecule has 1 aromatic carbocycles. The summed E-state index contributed by atoms with van der Waals surface area (Å²) < 4.78 is 25.4. The van der Waals surface area contributed by atoms with Crippen molar-refractivity contribution in [3.05, 3.63) is 18.2 Å². The number of hydrogen-bond donors (Lipinski definition) is 3. The van der Waals surface area contributed by atoms with E-state index in [1.807, 2.05) is 0 Å². The second-order valence-electron chi connectivity index (χ2n) is 4.41. The van der Waals surface area contributed by atoms with Crippen LogP contribution in [-0.4, -0.2) is 63.3 Å². The lowest BCUT2D eigenvalue weighted by atomic mass is 10.2. The fraction of sp³-hybridized carbons (Fsp3) is 0.500. The summed E-state index contributed by atoms with van der Waals surface area (Å²) in [5.74, 6) is 0. The molecule has 0 aliphatic carbocycles. The van der Waals surface area contributed by atoms with Gasteiger partial charge in [0.05, 0.1) is 24.6 Å². The number of aliphatic hydroxyl groups is 2. The normalized spacial score (nSPS) is 11.8. The van der Waals surface area contributed by atoms with E-state index >= 15 is 0 Å². The molecule has 7 nitrogen and oxygen atoms in total. The van der Waals surface area contributed by atoms with Crippen molar-refractivity contribution in [2.24, 2.45) is 0 Å². The van der Waals surface area contributed by atoms with Crippen molar-refractivity contribution in [3.8, 4) is 0 Å². The van der Waals surface area contributed by atoms with Crippen LogP contribution in [0.1, 0.15) is 0 Å². The minimum Gasteiger partial charge on any atom is -0.396 e. The Hall–Kier alpha value is -1.35. The summed E-state index contributed by atoms with van der Waals surface area (Å²) in [5.41, 5.74) is 6.55. The standard InChI is InChI=1S/C12H21N3O4S/c1-14(2)20(18,19)11-5-3-4-10(12(11)13)15(6-8-16)7-9-17/h3-5,16-17H,6-9,13H2,1-2H3. The van der Waals surface area contributed by atoms with Crippen molar-refractivity contribution in [2.45, 2.75) is 4.90 Å². The summed E-state index contributed by atoms with van der Waals surface area (Å²) >= 11 is 0. The molecule has 0 amide bonds. The van der Waals surface area contributed by atoms with E-state index in [2.05, 4.69) is 0 Å². The number of anilines is 2. The maximum absolute atomic E-state index is 12.2. The number of nitrogen functional groups attached to an aromatic ring is 1. The molecule has 0 aliphatic rings. The van der Waals surface area contributed by atoms with Gasteiger partial charge in [-0.25, -0.2) is 12.7 Å². The molecule has 0 unspecified atom stereocenters. The Morgan fingerprint density at radius 1 is 1.15 bits per heavy atom. The number of para-hydroxylation sites is 1. The number of rotatable bonds is 7. The minimum atomic E-state index is -3.64. The van der Waals surface area contributed by atoms with Gasteiger partial charge >= 0.3 is 0 Å². The highest BCUT2D eigenvalue weighted by Crippen LogP contribution is 2.30. The fourth-order valence-electron chi connectivity index (χ4n) is 1.82. The van der Waals surface area contributed by atoms with E-state index in [-0.39, 0.29) is 36.9 Å². The quantitative estimate of drug-likeness (QED) is 0.576. The molecular weight excluding hydrogens is 282 g/mol. The molecule has 1 rings (SSSR count). The van der Waals surface area contributed by atoms with Gasteiger partial charge < -0.3 is 20.8 Å². The molecule has 0 aliphatic heterocycles. The second-order valence-corrected chi connectivity index (χ2v) is 6.53. The topological polar surface area (TPSA) is 107 Å². The largest absolute Gasteiger partial charge is 0.396 e. The van der Waals surface area contributed by atoms with E-state index in [1.54, 1.807) is 17.0 Å². The van der Waals surface area contributed by atoms with E-state index in [4.69, 9.17) is 15.9 Å². The average Bonchev–Trinajstić information content (AvgIpc) is 2.38. The zero-order valence-corrected chi connectivity index (χ0v) is 12.5. The Labute approximate surface area is 119 Å². The molecule has 0 aromatic heterocycles. The van der Waals surface area contributed by atoms with Crippen molar-refractivity contribution in [1.82, 2.24) is 4.31 Å². The van der Waals surface area contributed by atoms with Crippen LogP contribution in [0.3, 0.4) is 0 Å². The van der Waals surface area contributed by atoms with Crippen molar-refractivity contribution in [2.75, 3.05) is 51.0 Å². The molecule has 114 valence electrons. The molecule has 4 N–H and O–H groups in total. The minimum absolute atomic E-state index is 0.0147. The number of nitrogens with two attached hydrogens (primary N) is 1. The summed E-state index contributed by atoms with van der Waals surface area (Å²) in [7, 11) is -0.774. The van der Waals surface area contributed by atoms with Crippen LogP contribution >= 0.6 is 0 Å². The third kappa shape index (κ3) is 3.40. The summed E-state index contributed by atoms with van der Waals surface area (Å²) in [4.78, 5) is 1.66. The maximum atomic E-state index is 12.2. The van der Waals surface area contributed by atoms with Crippen LogP contribution in [0.2, 0.25) is 0 Å². The molecule has 1 aromatic rings. The first-order valence-corrected chi connectivity index (χ1v) is 7.58. The fourth-order valence-corrected chi connectivity index (χ4v) is 2.85. The van der Waals surface area contributed by atoms with Crippen LogP contribution in [0.25, 0.3) is 0 Å². The van der Waals surface area contributed by atoms with Crippen LogP contribution in [0.15, 0.2) is 23.1 Å². The lowest BCUT2D eigenvalue weighted by Crippen LogP contribution is -2.31. The highest BCUT2D eigenvalue weighted by Gasteiger charge is 2.23. The molecule has 0 atom stereocenters. The van der Waals surface area contributed by atoms with Crippen molar-refractivity contribution < 1.29 is 18.6 Å². The van der Waals surface area contributed by atoms with E-state index in [9.17, 15) is 8.42 Å². The first-order valence-electron chi connectivity index (χ1n) is 6.14. The van der Waals surface area contributed by atoms with Crippen LogP contribution in [0.4, 0.5) is 11.4 Å². The first-order chi connectivity index (χ1) is 9.36. The molecule has 0 bridgehead atoms. The van der Waals surface area contributed by atoms with Gasteiger partial charge in [0, 0.05) is 27.2 Å². The Morgan fingerprint density at radius 3 is 2.15 bits per heavy atom. The van der Waals surface area contributed by atoms with Crippen LogP contribution < -0.4 is 10.6 Å². The third-order valence-electron chi connectivity index (χ3n) is 2.88. The van der Waals surface area contributed by atoms with Gasteiger partial charge in [-0.05, 0) is 12.1 Å². The zero-order chi connectivity index (χ0) is 15.3. The highest BCUT2D eigenvalue weighted by molar-refractivity contribution is 7.89. The predicted molar refractivity (Wildman–Crippen MR) is 78.1 cm³/mol. The number of hydrogen-bond acceptors (Lipinski definition) is 6. The van der Waals surface area contributed by atoms with Crippen molar-refractivity contribution in [3.63, 3.8) is 0 Å². The van der Waals surface area contributed by atoms with Gasteiger partial charge in [-0.3, -0.25) is 0 Å². The maximum Gasteiger partial charge on any atom is 0.244 e. The molecule has 0 heterocycles. The van der Waals surface area contributed by atoms with Crippen molar-refractivity contribution >= 4 is 21.4 Å². The number of nitrogens with zero attached hydrogens (tertiary/aromatic N) is 2. The molecule has 0 spiro atoms. The third-order valence-corrected chi connectivity index (χ3v) is 4.76. The number of aliphatic hydroxyl groups excluding tert-OH is 2. The lowest BCUT2D eigenvalue weighted by Gasteiger charge is -2.26. The summed E-state index contributed by atoms with van der Waals surface area (Å²) in [6.45, 7) is 0.278. The molecule has 20 heavy (non-hydrogen) atoms. The summed E-state index contributed by atoms with van der Waals surface area (Å²) in [6.07, 6.45) is 0. The summed E-state index contributed by atoms with van der Waals surface area (Å²) in [6, 6.07) is 4.68. The Kier molecular flexibility index (Phi) is 5.75. The summed E-state index contributed by atoms with van der Waals surface area (Å²) in [5, 5.41) is 18.1. The zero-order valence-electron chi connectivity index (χ0n) is 11.7. The molecule has 0 saturated carbocycles. The van der Waals surface area contributed by atoms with Crippen LogP contribution in [0, 0.1) is 0 Å². The molecule has 8 heteroatoms. The average molecular weight is 303 g/mol. The monoisotopic (exact) mass is 303 g/mol. The SMILES string of the molecule is CN(C)S(=O)(=O)c1cccc(N(CCO)CCO)c1N. The van der Waals surface area contributed by atoms with Crippen molar-refractivity contribution in [1.29, 1.82) is 0 Å². The van der Waals surface area contributed by atoms with Crippen LogP contribution in [-0.2, 0) is 10.0 Å². The molecule has 0 saturated heterocycles. The van der Waals surface area contributed by atoms with Crippen LogP contribution in [0.5, 0.6) is 0 Å². The van der Waals surface area contributed by atoms with Gasteiger partial charge in [0.2, 0.25) is 10.0 Å². The van der Waals surface area contributed by atoms with E-state index in [0.717, 1.165) is 4.31 Å². The molecule has 0 radical (unpaired) electrons. The van der Waals surface area contributed by atoms with Gasteiger partial charge in [-0.1, -0.05) is 6.07 Å². The smallest absolute Gasteiger partial charge is 0.244 e. The predicted octanol–water partition coefficient (Wildman–Crippen LogP) is -0.690. The van der Waals surface area contributed by atoms with E-state index in [0.29, 0.717) is 5.69 Å². The number of sulfonamides is 1. The Bertz CT molecular complexity index is 540. The van der Waals surface area contributed by atoms with E-state index in [1.165, 1.54) is 20.2 Å².